The molecule has 3 nitrogen and oxygen atoms in total. The van der Waals surface area contributed by atoms with Gasteiger partial charge in [0.05, 0.1) is 6.54 Å². The lowest BCUT2D eigenvalue weighted by atomic mass is 10.7. The molecule has 0 saturated carbocycles. The normalized spacial score (nSPS) is 7.45. The molecule has 0 aromatic carbocycles. The van der Waals surface area contributed by atoms with E-state index in [1.54, 1.807) is 0 Å². The molecule has 0 aliphatic heterocycles. The van der Waals surface area contributed by atoms with Crippen molar-refractivity contribution in [1.29, 1.82) is 0 Å². The largest absolute Gasteiger partial charge is 0.350 e. The third kappa shape index (κ3) is 6.66. The standard InChI is InChI=1S/C7H8N2OS/c1-3-5-8-7(11)9-10-6-4-2/h1-2H,5-6H2,(H2,8,9,11). The number of hydroxylamine groups is 1. The molecule has 0 spiro atoms. The van der Waals surface area contributed by atoms with Gasteiger partial charge in [-0.3, -0.25) is 4.84 Å². The van der Waals surface area contributed by atoms with Gasteiger partial charge < -0.3 is 5.32 Å². The molecule has 0 bridgehead atoms. The second kappa shape index (κ2) is 6.88. The smallest absolute Gasteiger partial charge is 0.191 e. The summed E-state index contributed by atoms with van der Waals surface area (Å²) < 4.78 is 0. The van der Waals surface area contributed by atoms with Crippen LogP contribution in [0.25, 0.3) is 0 Å². The molecular formula is C7H8N2OS. The van der Waals surface area contributed by atoms with Gasteiger partial charge in [-0.05, 0) is 12.2 Å². The molecule has 0 unspecified atom stereocenters. The van der Waals surface area contributed by atoms with Gasteiger partial charge in [0.15, 0.2) is 5.11 Å². The van der Waals surface area contributed by atoms with E-state index in [4.69, 9.17) is 25.1 Å². The fraction of sp³-hybridized carbons (Fsp3) is 0.286. The van der Waals surface area contributed by atoms with Gasteiger partial charge >= 0.3 is 0 Å². The zero-order chi connectivity index (χ0) is 8.53. The molecule has 0 aromatic rings. The van der Waals surface area contributed by atoms with E-state index in [0.717, 1.165) is 0 Å². The third-order valence-electron chi connectivity index (χ3n) is 0.671. The van der Waals surface area contributed by atoms with Crippen LogP contribution < -0.4 is 10.8 Å². The van der Waals surface area contributed by atoms with Crippen LogP contribution in [-0.2, 0) is 4.84 Å². The molecule has 0 fully saturated rings. The Bertz CT molecular complexity index is 201. The van der Waals surface area contributed by atoms with Gasteiger partial charge in [-0.2, -0.15) is 0 Å². The first-order chi connectivity index (χ1) is 5.31. The molecule has 0 aliphatic rings. The van der Waals surface area contributed by atoms with E-state index in [2.05, 4.69) is 27.5 Å². The highest BCUT2D eigenvalue weighted by atomic mass is 32.1. The second-order valence-corrected chi connectivity index (χ2v) is 1.89. The molecule has 0 amide bonds. The zero-order valence-electron chi connectivity index (χ0n) is 5.89. The predicted octanol–water partition coefficient (Wildman–Crippen LogP) is -0.352. The van der Waals surface area contributed by atoms with Gasteiger partial charge in [0, 0.05) is 0 Å². The van der Waals surface area contributed by atoms with Crippen molar-refractivity contribution >= 4 is 17.3 Å². The lowest BCUT2D eigenvalue weighted by molar-refractivity contribution is 0.114. The van der Waals surface area contributed by atoms with Gasteiger partial charge in [0.2, 0.25) is 0 Å². The van der Waals surface area contributed by atoms with Crippen molar-refractivity contribution in [3.63, 3.8) is 0 Å². The average Bonchev–Trinajstić information content (AvgIpc) is 2.01. The Hall–Kier alpha value is -1.23. The fourth-order valence-corrected chi connectivity index (χ4v) is 0.442. The monoisotopic (exact) mass is 168 g/mol. The first-order valence-electron chi connectivity index (χ1n) is 2.83. The summed E-state index contributed by atoms with van der Waals surface area (Å²) in [5.74, 6) is 4.62. The first-order valence-corrected chi connectivity index (χ1v) is 3.24. The number of thiocarbonyl (C=S) groups is 1. The van der Waals surface area contributed by atoms with Crippen LogP contribution in [0.1, 0.15) is 0 Å². The van der Waals surface area contributed by atoms with Crippen molar-refractivity contribution in [2.45, 2.75) is 0 Å². The molecule has 0 rings (SSSR count). The molecule has 0 atom stereocenters. The Kier molecular flexibility index (Phi) is 6.11. The summed E-state index contributed by atoms with van der Waals surface area (Å²) in [5.41, 5.74) is 2.40. The van der Waals surface area contributed by atoms with Crippen molar-refractivity contribution in [3.05, 3.63) is 0 Å². The number of hydrogen-bond donors (Lipinski definition) is 2. The maximum atomic E-state index is 4.96. The maximum absolute atomic E-state index is 4.96. The van der Waals surface area contributed by atoms with E-state index in [0.29, 0.717) is 11.7 Å². The third-order valence-corrected chi connectivity index (χ3v) is 0.899. The predicted molar refractivity (Wildman–Crippen MR) is 47.4 cm³/mol. The average molecular weight is 168 g/mol. The van der Waals surface area contributed by atoms with E-state index in [1.807, 2.05) is 0 Å². The van der Waals surface area contributed by atoms with E-state index < -0.39 is 0 Å². The van der Waals surface area contributed by atoms with Crippen LogP contribution >= 0.6 is 12.2 Å². The summed E-state index contributed by atoms with van der Waals surface area (Å²) in [6, 6.07) is 0. The number of hydrogen-bond acceptors (Lipinski definition) is 2. The molecule has 11 heavy (non-hydrogen) atoms. The molecular weight excluding hydrogens is 160 g/mol. The van der Waals surface area contributed by atoms with Crippen molar-refractivity contribution in [2.24, 2.45) is 0 Å². The second-order valence-electron chi connectivity index (χ2n) is 1.48. The minimum atomic E-state index is 0.165. The van der Waals surface area contributed by atoms with E-state index in [9.17, 15) is 0 Å². The van der Waals surface area contributed by atoms with Crippen molar-refractivity contribution < 1.29 is 4.84 Å². The van der Waals surface area contributed by atoms with Crippen LogP contribution in [0, 0.1) is 24.7 Å². The molecule has 0 saturated heterocycles. The lowest BCUT2D eigenvalue weighted by Crippen LogP contribution is -2.35. The van der Waals surface area contributed by atoms with Crippen molar-refractivity contribution in [3.8, 4) is 24.7 Å². The number of terminal acetylenes is 2. The topological polar surface area (TPSA) is 33.3 Å². The maximum Gasteiger partial charge on any atom is 0.191 e. The Balaban J connectivity index is 3.26. The highest BCUT2D eigenvalue weighted by molar-refractivity contribution is 7.80. The van der Waals surface area contributed by atoms with Crippen LogP contribution in [0.15, 0.2) is 0 Å². The van der Waals surface area contributed by atoms with Crippen LogP contribution in [0.2, 0.25) is 0 Å². The lowest BCUT2D eigenvalue weighted by Gasteiger charge is -2.05. The number of rotatable bonds is 3. The van der Waals surface area contributed by atoms with Gasteiger partial charge in [-0.1, -0.05) is 11.8 Å². The Morgan fingerprint density at radius 2 is 2.18 bits per heavy atom. The molecule has 4 heteroatoms. The minimum absolute atomic E-state index is 0.165. The molecule has 0 aliphatic carbocycles. The quantitative estimate of drug-likeness (QED) is 0.261. The molecule has 2 N–H and O–H groups in total. The highest BCUT2D eigenvalue weighted by Crippen LogP contribution is 1.67. The Morgan fingerprint density at radius 1 is 1.45 bits per heavy atom. The Morgan fingerprint density at radius 3 is 2.73 bits per heavy atom. The highest BCUT2D eigenvalue weighted by Gasteiger charge is 1.89. The van der Waals surface area contributed by atoms with E-state index in [1.165, 1.54) is 0 Å². The van der Waals surface area contributed by atoms with Crippen LogP contribution in [0.4, 0.5) is 0 Å². The van der Waals surface area contributed by atoms with E-state index in [-0.39, 0.29) is 6.61 Å². The summed E-state index contributed by atoms with van der Waals surface area (Å²) in [5, 5.41) is 3.01. The van der Waals surface area contributed by atoms with Gasteiger partial charge in [0.25, 0.3) is 0 Å². The van der Waals surface area contributed by atoms with Crippen LogP contribution in [0.5, 0.6) is 0 Å². The summed E-state index contributed by atoms with van der Waals surface area (Å²) >= 11 is 4.72. The first kappa shape index (κ1) is 9.77. The van der Waals surface area contributed by atoms with Gasteiger partial charge in [0.1, 0.15) is 6.61 Å². The van der Waals surface area contributed by atoms with Crippen LogP contribution in [0.3, 0.4) is 0 Å². The Labute approximate surface area is 71.5 Å². The molecule has 0 aromatic heterocycles. The van der Waals surface area contributed by atoms with Gasteiger partial charge in [-0.15, -0.1) is 12.8 Å². The molecule has 0 heterocycles. The van der Waals surface area contributed by atoms with Crippen molar-refractivity contribution in [1.82, 2.24) is 10.8 Å². The zero-order valence-corrected chi connectivity index (χ0v) is 6.70. The molecule has 58 valence electrons. The summed E-state index contributed by atoms with van der Waals surface area (Å²) in [7, 11) is 0. The van der Waals surface area contributed by atoms with E-state index >= 15 is 0 Å². The number of nitrogens with one attached hydrogen (secondary N) is 2. The summed E-state index contributed by atoms with van der Waals surface area (Å²) in [4.78, 5) is 4.68. The minimum Gasteiger partial charge on any atom is -0.350 e. The summed E-state index contributed by atoms with van der Waals surface area (Å²) in [6.45, 7) is 0.531. The van der Waals surface area contributed by atoms with Gasteiger partial charge in [-0.25, -0.2) is 5.48 Å². The summed E-state index contributed by atoms with van der Waals surface area (Å²) in [6.07, 6.45) is 9.86. The molecule has 0 radical (unpaired) electrons. The SMILES string of the molecule is C#CCNC(=S)NOCC#C. The fourth-order valence-electron chi connectivity index (χ4n) is 0.311. The van der Waals surface area contributed by atoms with Crippen molar-refractivity contribution in [2.75, 3.05) is 13.2 Å². The van der Waals surface area contributed by atoms with Crippen LogP contribution in [-0.4, -0.2) is 18.3 Å².